The van der Waals surface area contributed by atoms with Gasteiger partial charge in [-0.15, -0.1) is 11.3 Å². The minimum atomic E-state index is -3.64. The molecule has 0 spiro atoms. The molecule has 172 valence electrons. The van der Waals surface area contributed by atoms with Crippen LogP contribution in [0.1, 0.15) is 31.1 Å². The molecule has 1 aromatic carbocycles. The number of hydrogen-bond acceptors (Lipinski definition) is 7. The van der Waals surface area contributed by atoms with Crippen molar-refractivity contribution in [2.24, 2.45) is 5.92 Å². The van der Waals surface area contributed by atoms with E-state index in [1.807, 2.05) is 0 Å². The number of rotatable bonds is 8. The number of piperidine rings is 1. The lowest BCUT2D eigenvalue weighted by Gasteiger charge is -2.30. The van der Waals surface area contributed by atoms with Crippen molar-refractivity contribution in [2.75, 3.05) is 26.2 Å². The molecule has 1 aliphatic heterocycles. The molecule has 0 aliphatic carbocycles. The van der Waals surface area contributed by atoms with E-state index in [0.29, 0.717) is 21.9 Å². The molecule has 7 nitrogen and oxygen atoms in total. The summed E-state index contributed by atoms with van der Waals surface area (Å²) in [6, 6.07) is 7.46. The quantitative estimate of drug-likeness (QED) is 0.485. The molecular formula is C22H27FN4O3S2. The van der Waals surface area contributed by atoms with Gasteiger partial charge in [0.15, 0.2) is 0 Å². The maximum atomic E-state index is 13.5. The molecule has 3 aromatic rings. The molecule has 3 heterocycles. The zero-order valence-electron chi connectivity index (χ0n) is 18.2. The number of hydrogen-bond donors (Lipinski definition) is 1. The first-order chi connectivity index (χ1) is 15.3. The summed E-state index contributed by atoms with van der Waals surface area (Å²) in [6.07, 6.45) is 3.18. The van der Waals surface area contributed by atoms with E-state index in [0.717, 1.165) is 32.0 Å². The van der Waals surface area contributed by atoms with Gasteiger partial charge in [-0.2, -0.15) is 4.98 Å². The molecular weight excluding hydrogens is 451 g/mol. The van der Waals surface area contributed by atoms with E-state index in [9.17, 15) is 12.8 Å². The molecule has 1 saturated heterocycles. The molecule has 0 amide bonds. The van der Waals surface area contributed by atoms with Crippen molar-refractivity contribution in [3.8, 4) is 22.2 Å². The Hall–Kier alpha value is -2.14. The van der Waals surface area contributed by atoms with Crippen molar-refractivity contribution in [2.45, 2.75) is 38.0 Å². The molecule has 0 radical (unpaired) electrons. The summed E-state index contributed by atoms with van der Waals surface area (Å²) in [7, 11) is -3.64. The standard InChI is InChI=1S/C22H27FN4O3S2/c1-15-7-11-27(12-8-15)10-4-9-24-32(28,29)20-14-19(31-16(20)2)22-25-21(26-30-22)17-5-3-6-18(23)13-17/h3,5-6,13-15,24H,4,7-12H2,1-2H3. The largest absolute Gasteiger partial charge is 0.333 e. The average molecular weight is 479 g/mol. The van der Waals surface area contributed by atoms with Crippen LogP contribution in [-0.4, -0.2) is 49.6 Å². The van der Waals surface area contributed by atoms with Gasteiger partial charge in [-0.25, -0.2) is 17.5 Å². The first kappa shape index (κ1) is 23.0. The van der Waals surface area contributed by atoms with Gasteiger partial charge in [-0.1, -0.05) is 24.2 Å². The minimum absolute atomic E-state index is 0.207. The van der Waals surface area contributed by atoms with Crippen LogP contribution in [0.5, 0.6) is 0 Å². The minimum Gasteiger partial charge on any atom is -0.333 e. The monoisotopic (exact) mass is 478 g/mol. The number of sulfonamides is 1. The van der Waals surface area contributed by atoms with Crippen LogP contribution in [0.4, 0.5) is 4.39 Å². The second-order valence-corrected chi connectivity index (χ2v) is 11.2. The van der Waals surface area contributed by atoms with Crippen molar-refractivity contribution in [1.29, 1.82) is 0 Å². The number of aromatic nitrogens is 2. The number of likely N-dealkylation sites (tertiary alicyclic amines) is 1. The van der Waals surface area contributed by atoms with Gasteiger partial charge < -0.3 is 9.42 Å². The van der Waals surface area contributed by atoms with Crippen LogP contribution in [0.2, 0.25) is 0 Å². The first-order valence-electron chi connectivity index (χ1n) is 10.7. The van der Waals surface area contributed by atoms with E-state index in [2.05, 4.69) is 26.7 Å². The zero-order valence-corrected chi connectivity index (χ0v) is 19.8. The Kier molecular flexibility index (Phi) is 7.04. The van der Waals surface area contributed by atoms with Crippen LogP contribution in [-0.2, 0) is 10.0 Å². The lowest BCUT2D eigenvalue weighted by Crippen LogP contribution is -2.35. The first-order valence-corrected chi connectivity index (χ1v) is 13.0. The SMILES string of the molecule is Cc1sc(-c2nc(-c3cccc(F)c3)no2)cc1S(=O)(=O)NCCCN1CCC(C)CC1. The topological polar surface area (TPSA) is 88.3 Å². The Morgan fingerprint density at radius 3 is 2.81 bits per heavy atom. The predicted octanol–water partition coefficient (Wildman–Crippen LogP) is 4.31. The van der Waals surface area contributed by atoms with Crippen LogP contribution in [0.25, 0.3) is 22.2 Å². The third kappa shape index (κ3) is 5.43. The molecule has 0 unspecified atom stereocenters. The highest BCUT2D eigenvalue weighted by Gasteiger charge is 2.23. The van der Waals surface area contributed by atoms with E-state index in [-0.39, 0.29) is 16.6 Å². The van der Waals surface area contributed by atoms with Crippen molar-refractivity contribution in [3.05, 3.63) is 41.0 Å². The Bertz CT molecular complexity index is 1170. The normalized spacial score (nSPS) is 16.0. The van der Waals surface area contributed by atoms with Gasteiger partial charge >= 0.3 is 0 Å². The van der Waals surface area contributed by atoms with E-state index in [1.165, 1.54) is 36.3 Å². The summed E-state index contributed by atoms with van der Waals surface area (Å²) in [6.45, 7) is 7.49. The highest BCUT2D eigenvalue weighted by Crippen LogP contribution is 2.33. The number of halogens is 1. The molecule has 0 saturated carbocycles. The molecule has 4 rings (SSSR count). The molecule has 32 heavy (non-hydrogen) atoms. The van der Waals surface area contributed by atoms with Gasteiger partial charge in [-0.3, -0.25) is 0 Å². The van der Waals surface area contributed by atoms with E-state index in [1.54, 1.807) is 25.1 Å². The van der Waals surface area contributed by atoms with Crippen molar-refractivity contribution in [3.63, 3.8) is 0 Å². The fraction of sp³-hybridized carbons (Fsp3) is 0.455. The highest BCUT2D eigenvalue weighted by molar-refractivity contribution is 7.89. The number of nitrogens with one attached hydrogen (secondary N) is 1. The molecule has 1 N–H and O–H groups in total. The van der Waals surface area contributed by atoms with Crippen molar-refractivity contribution in [1.82, 2.24) is 19.8 Å². The summed E-state index contributed by atoms with van der Waals surface area (Å²) in [4.78, 5) is 8.12. The lowest BCUT2D eigenvalue weighted by atomic mass is 9.99. The Morgan fingerprint density at radius 1 is 1.28 bits per heavy atom. The second kappa shape index (κ2) is 9.78. The summed E-state index contributed by atoms with van der Waals surface area (Å²) in [5.41, 5.74) is 0.492. The van der Waals surface area contributed by atoms with E-state index in [4.69, 9.17) is 4.52 Å². The Morgan fingerprint density at radius 2 is 2.06 bits per heavy atom. The van der Waals surface area contributed by atoms with E-state index < -0.39 is 15.8 Å². The summed E-state index contributed by atoms with van der Waals surface area (Å²) < 4.78 is 47.1. The third-order valence-electron chi connectivity index (χ3n) is 5.70. The maximum absolute atomic E-state index is 13.5. The predicted molar refractivity (Wildman–Crippen MR) is 122 cm³/mol. The van der Waals surface area contributed by atoms with Crippen LogP contribution in [0.3, 0.4) is 0 Å². The van der Waals surface area contributed by atoms with Gasteiger partial charge in [-0.05, 0) is 69.9 Å². The fourth-order valence-electron chi connectivity index (χ4n) is 3.78. The van der Waals surface area contributed by atoms with Crippen molar-refractivity contribution >= 4 is 21.4 Å². The third-order valence-corrected chi connectivity index (χ3v) is 8.46. The number of nitrogens with zero attached hydrogens (tertiary/aromatic N) is 3. The van der Waals surface area contributed by atoms with Gasteiger partial charge in [0, 0.05) is 17.0 Å². The molecule has 1 fully saturated rings. The van der Waals surface area contributed by atoms with Crippen LogP contribution < -0.4 is 4.72 Å². The molecule has 0 bridgehead atoms. The molecule has 0 atom stereocenters. The number of aryl methyl sites for hydroxylation is 1. The molecule has 2 aromatic heterocycles. The molecule has 1 aliphatic rings. The smallest absolute Gasteiger partial charge is 0.268 e. The Balaban J connectivity index is 1.39. The maximum Gasteiger partial charge on any atom is 0.268 e. The van der Waals surface area contributed by atoms with Crippen LogP contribution >= 0.6 is 11.3 Å². The second-order valence-electron chi connectivity index (χ2n) is 8.24. The average Bonchev–Trinajstić information content (AvgIpc) is 3.40. The van der Waals surface area contributed by atoms with Crippen LogP contribution in [0, 0.1) is 18.7 Å². The fourth-order valence-corrected chi connectivity index (χ4v) is 6.36. The van der Waals surface area contributed by atoms with Crippen molar-refractivity contribution < 1.29 is 17.3 Å². The van der Waals surface area contributed by atoms with Gasteiger partial charge in [0.05, 0.1) is 9.77 Å². The summed E-state index contributed by atoms with van der Waals surface area (Å²) >= 11 is 1.27. The van der Waals surface area contributed by atoms with Gasteiger partial charge in [0.1, 0.15) is 5.82 Å². The van der Waals surface area contributed by atoms with Crippen LogP contribution in [0.15, 0.2) is 39.8 Å². The lowest BCUT2D eigenvalue weighted by molar-refractivity contribution is 0.191. The number of thiophene rings is 1. The Labute approximate surface area is 191 Å². The highest BCUT2D eigenvalue weighted by atomic mass is 32.2. The van der Waals surface area contributed by atoms with E-state index >= 15 is 0 Å². The molecule has 10 heteroatoms. The van der Waals surface area contributed by atoms with Gasteiger partial charge in [0.25, 0.3) is 5.89 Å². The zero-order chi connectivity index (χ0) is 22.7. The summed E-state index contributed by atoms with van der Waals surface area (Å²) in [5.74, 6) is 0.845. The number of benzene rings is 1. The van der Waals surface area contributed by atoms with Gasteiger partial charge in [0.2, 0.25) is 15.8 Å². The summed E-state index contributed by atoms with van der Waals surface area (Å²) in [5, 5.41) is 3.90.